The third kappa shape index (κ3) is 2.98. The van der Waals surface area contributed by atoms with Gasteiger partial charge in [0.2, 0.25) is 0 Å². The smallest absolute Gasteiger partial charge is 0.162 e. The summed E-state index contributed by atoms with van der Waals surface area (Å²) in [6.45, 7) is 5.31. The summed E-state index contributed by atoms with van der Waals surface area (Å²) in [6.07, 6.45) is 4.23. The van der Waals surface area contributed by atoms with Gasteiger partial charge in [0.15, 0.2) is 11.5 Å². The van der Waals surface area contributed by atoms with Gasteiger partial charge in [0.1, 0.15) is 0 Å². The molecule has 1 aromatic carbocycles. The van der Waals surface area contributed by atoms with Gasteiger partial charge in [-0.3, -0.25) is 0 Å². The molecule has 1 aromatic rings. The van der Waals surface area contributed by atoms with E-state index in [1.165, 1.54) is 24.8 Å². The lowest BCUT2D eigenvalue weighted by atomic mass is 10.0. The highest BCUT2D eigenvalue weighted by Gasteiger charge is 2.55. The van der Waals surface area contributed by atoms with Gasteiger partial charge >= 0.3 is 0 Å². The van der Waals surface area contributed by atoms with E-state index in [0.29, 0.717) is 18.0 Å². The highest BCUT2D eigenvalue weighted by atomic mass is 79.9. The van der Waals surface area contributed by atoms with Crippen molar-refractivity contribution in [3.05, 3.63) is 22.2 Å². The van der Waals surface area contributed by atoms with Gasteiger partial charge in [0.05, 0.1) is 13.2 Å². The van der Waals surface area contributed by atoms with E-state index in [2.05, 4.69) is 44.0 Å². The molecule has 0 spiro atoms. The van der Waals surface area contributed by atoms with Crippen LogP contribution < -0.4 is 9.47 Å². The van der Waals surface area contributed by atoms with E-state index in [1.807, 2.05) is 13.8 Å². The molecule has 2 nitrogen and oxygen atoms in total. The summed E-state index contributed by atoms with van der Waals surface area (Å²) < 4.78 is 12.6. The fourth-order valence-corrected chi connectivity index (χ4v) is 5.86. The van der Waals surface area contributed by atoms with Gasteiger partial charge in [-0.1, -0.05) is 38.3 Å². The van der Waals surface area contributed by atoms with Gasteiger partial charge in [-0.15, -0.1) is 0 Å². The molecule has 0 saturated heterocycles. The van der Waals surface area contributed by atoms with Crippen LogP contribution in [0.3, 0.4) is 0 Å². The van der Waals surface area contributed by atoms with Crippen LogP contribution >= 0.6 is 31.9 Å². The van der Waals surface area contributed by atoms with E-state index in [0.717, 1.165) is 33.7 Å². The maximum Gasteiger partial charge on any atom is 0.162 e. The molecule has 2 saturated carbocycles. The van der Waals surface area contributed by atoms with Crippen LogP contribution in [0.2, 0.25) is 0 Å². The Morgan fingerprint density at radius 2 is 1.67 bits per heavy atom. The van der Waals surface area contributed by atoms with Crippen molar-refractivity contribution in [3.8, 4) is 11.5 Å². The number of halogens is 2. The molecular weight excluding hydrogens is 396 g/mol. The van der Waals surface area contributed by atoms with E-state index in [-0.39, 0.29) is 0 Å². The summed E-state index contributed by atoms with van der Waals surface area (Å²) in [5.41, 5.74) is 1.29. The molecule has 4 heteroatoms. The molecule has 0 aliphatic heterocycles. The number of fused-ring (bicyclic) bond motifs is 1. The first-order chi connectivity index (χ1) is 10.2. The van der Waals surface area contributed by atoms with Gasteiger partial charge < -0.3 is 9.47 Å². The van der Waals surface area contributed by atoms with Gasteiger partial charge in [-0.25, -0.2) is 0 Å². The van der Waals surface area contributed by atoms with Crippen molar-refractivity contribution in [3.63, 3.8) is 0 Å². The maximum atomic E-state index is 5.76. The zero-order chi connectivity index (χ0) is 15.0. The van der Waals surface area contributed by atoms with E-state index >= 15 is 0 Å². The van der Waals surface area contributed by atoms with E-state index in [4.69, 9.17) is 9.47 Å². The van der Waals surface area contributed by atoms with E-state index in [1.54, 1.807) is 0 Å². The van der Waals surface area contributed by atoms with Gasteiger partial charge in [-0.05, 0) is 62.1 Å². The van der Waals surface area contributed by atoms with Crippen LogP contribution in [0.5, 0.6) is 11.5 Å². The van der Waals surface area contributed by atoms with Gasteiger partial charge in [0, 0.05) is 9.30 Å². The Labute approximate surface area is 143 Å². The lowest BCUT2D eigenvalue weighted by Crippen LogP contribution is -2.03. The molecular formula is C17H22Br2O2. The molecule has 2 fully saturated rings. The van der Waals surface area contributed by atoms with Gasteiger partial charge in [0.25, 0.3) is 0 Å². The first-order valence-electron chi connectivity index (χ1n) is 7.90. The highest BCUT2D eigenvalue weighted by Crippen LogP contribution is 2.65. The summed E-state index contributed by atoms with van der Waals surface area (Å²) in [5.74, 6) is 4.34. The van der Waals surface area contributed by atoms with Crippen LogP contribution in [0.1, 0.15) is 43.5 Å². The largest absolute Gasteiger partial charge is 0.490 e. The zero-order valence-electron chi connectivity index (χ0n) is 12.6. The summed E-state index contributed by atoms with van der Waals surface area (Å²) in [5, 5.41) is 0. The molecule has 21 heavy (non-hydrogen) atoms. The number of hydrogen-bond acceptors (Lipinski definition) is 2. The average molecular weight is 418 g/mol. The lowest BCUT2D eigenvalue weighted by molar-refractivity contribution is 0.287. The number of hydrogen-bond donors (Lipinski definition) is 0. The minimum absolute atomic E-state index is 0.414. The SMILES string of the molecule is CCOc1cc(Br)c(C(Br)C2C3CCCC32)cc1OCC. The molecule has 2 aliphatic carbocycles. The predicted molar refractivity (Wildman–Crippen MR) is 92.5 cm³/mol. The molecule has 0 heterocycles. The quantitative estimate of drug-likeness (QED) is 0.550. The van der Waals surface area contributed by atoms with E-state index < -0.39 is 0 Å². The van der Waals surface area contributed by atoms with Crippen molar-refractivity contribution in [1.29, 1.82) is 0 Å². The Balaban J connectivity index is 1.85. The molecule has 3 unspecified atom stereocenters. The molecule has 0 radical (unpaired) electrons. The van der Waals surface area contributed by atoms with Crippen molar-refractivity contribution in [1.82, 2.24) is 0 Å². The third-order valence-electron chi connectivity index (χ3n) is 4.77. The number of benzene rings is 1. The number of ether oxygens (including phenoxy) is 2. The summed E-state index contributed by atoms with van der Waals surface area (Å²) in [7, 11) is 0. The van der Waals surface area contributed by atoms with Gasteiger partial charge in [-0.2, -0.15) is 0 Å². The molecule has 3 atom stereocenters. The monoisotopic (exact) mass is 416 g/mol. The lowest BCUT2D eigenvalue weighted by Gasteiger charge is -2.18. The zero-order valence-corrected chi connectivity index (χ0v) is 15.7. The maximum absolute atomic E-state index is 5.76. The predicted octanol–water partition coefficient (Wildman–Crippen LogP) is 5.73. The van der Waals surface area contributed by atoms with Crippen molar-refractivity contribution < 1.29 is 9.47 Å². The minimum atomic E-state index is 0.414. The topological polar surface area (TPSA) is 18.5 Å². The normalized spacial score (nSPS) is 28.1. The first kappa shape index (κ1) is 15.7. The third-order valence-corrected chi connectivity index (χ3v) is 6.56. The summed E-state index contributed by atoms with van der Waals surface area (Å²) in [6, 6.07) is 4.20. The minimum Gasteiger partial charge on any atom is -0.490 e. The molecule has 0 N–H and O–H groups in total. The fourth-order valence-electron chi connectivity index (χ4n) is 3.82. The molecule has 0 bridgehead atoms. The molecule has 116 valence electrons. The number of rotatable bonds is 6. The van der Waals surface area contributed by atoms with Crippen molar-refractivity contribution >= 4 is 31.9 Å². The Morgan fingerprint density at radius 3 is 2.24 bits per heavy atom. The van der Waals surface area contributed by atoms with Crippen LogP contribution in [-0.4, -0.2) is 13.2 Å². The number of alkyl halides is 1. The van der Waals surface area contributed by atoms with Crippen LogP contribution in [0.4, 0.5) is 0 Å². The van der Waals surface area contributed by atoms with Crippen LogP contribution in [-0.2, 0) is 0 Å². The van der Waals surface area contributed by atoms with Crippen molar-refractivity contribution in [2.24, 2.45) is 17.8 Å². The molecule has 3 rings (SSSR count). The second kappa shape index (κ2) is 6.49. The summed E-state index contributed by atoms with van der Waals surface area (Å²) in [4.78, 5) is 0.414. The Hall–Kier alpha value is -0.220. The Morgan fingerprint density at radius 1 is 1.10 bits per heavy atom. The Kier molecular flexibility index (Phi) is 4.84. The second-order valence-corrected chi connectivity index (χ2v) is 7.77. The molecule has 0 amide bonds. The van der Waals surface area contributed by atoms with Crippen LogP contribution in [0.15, 0.2) is 16.6 Å². The fraction of sp³-hybridized carbons (Fsp3) is 0.647. The summed E-state index contributed by atoms with van der Waals surface area (Å²) >= 11 is 7.65. The highest BCUT2D eigenvalue weighted by molar-refractivity contribution is 9.11. The van der Waals surface area contributed by atoms with Crippen molar-refractivity contribution in [2.45, 2.75) is 37.9 Å². The van der Waals surface area contributed by atoms with Crippen molar-refractivity contribution in [2.75, 3.05) is 13.2 Å². The standard InChI is InChI=1S/C17H22Br2O2/c1-3-20-14-8-12(13(18)9-15(14)21-4-2)17(19)16-10-6-5-7-11(10)16/h8-11,16-17H,3-7H2,1-2H3. The molecule has 0 aromatic heterocycles. The molecule has 2 aliphatic rings. The second-order valence-electron chi connectivity index (χ2n) is 5.92. The average Bonchev–Trinajstić information content (AvgIpc) is 2.94. The van der Waals surface area contributed by atoms with Crippen LogP contribution in [0.25, 0.3) is 0 Å². The Bertz CT molecular complexity index is 508. The van der Waals surface area contributed by atoms with E-state index in [9.17, 15) is 0 Å². The van der Waals surface area contributed by atoms with Crippen LogP contribution in [0, 0.1) is 17.8 Å². The first-order valence-corrected chi connectivity index (χ1v) is 9.61.